The highest BCUT2D eigenvalue weighted by molar-refractivity contribution is 6.30. The van der Waals surface area contributed by atoms with Crippen LogP contribution in [0.25, 0.3) is 0 Å². The number of likely N-dealkylation sites (N-methyl/N-ethyl adjacent to an activating group) is 1. The largest absolute Gasteiger partial charge is 0.351 e. The van der Waals surface area contributed by atoms with E-state index in [0.717, 1.165) is 17.7 Å². The standard InChI is InChI=1S/C13H24ClN3O2/c1-6-18-13(19-7-2)11(15-4)8-10-9(3)16-17(5)12(10)14/h11,13,15H,6-8H2,1-5H3. The summed E-state index contributed by atoms with van der Waals surface area (Å²) in [5.41, 5.74) is 1.98. The molecule has 1 unspecified atom stereocenters. The first kappa shape index (κ1) is 16.4. The molecule has 0 fully saturated rings. The molecule has 1 rings (SSSR count). The maximum absolute atomic E-state index is 6.26. The lowest BCUT2D eigenvalue weighted by atomic mass is 10.1. The van der Waals surface area contributed by atoms with Gasteiger partial charge in [0.25, 0.3) is 0 Å². The Morgan fingerprint density at radius 2 is 1.89 bits per heavy atom. The van der Waals surface area contributed by atoms with E-state index in [-0.39, 0.29) is 12.3 Å². The zero-order valence-electron chi connectivity index (χ0n) is 12.4. The van der Waals surface area contributed by atoms with Crippen molar-refractivity contribution in [1.82, 2.24) is 15.1 Å². The van der Waals surface area contributed by atoms with Crippen molar-refractivity contribution in [2.24, 2.45) is 7.05 Å². The average molecular weight is 290 g/mol. The molecule has 5 nitrogen and oxygen atoms in total. The van der Waals surface area contributed by atoms with E-state index in [0.29, 0.717) is 18.4 Å². The molecule has 6 heteroatoms. The minimum atomic E-state index is -0.282. The number of aromatic nitrogens is 2. The number of rotatable bonds is 8. The Morgan fingerprint density at radius 3 is 2.26 bits per heavy atom. The molecule has 1 N–H and O–H groups in total. The molecular formula is C13H24ClN3O2. The van der Waals surface area contributed by atoms with Gasteiger partial charge in [0.15, 0.2) is 6.29 Å². The van der Waals surface area contributed by atoms with Gasteiger partial charge < -0.3 is 14.8 Å². The summed E-state index contributed by atoms with van der Waals surface area (Å²) in [6.07, 6.45) is 0.440. The predicted octanol–water partition coefficient (Wildman–Crippen LogP) is 1.91. The van der Waals surface area contributed by atoms with E-state index in [4.69, 9.17) is 21.1 Å². The van der Waals surface area contributed by atoms with Gasteiger partial charge in [0.1, 0.15) is 5.15 Å². The molecule has 110 valence electrons. The third-order valence-corrected chi connectivity index (χ3v) is 3.53. The molecule has 0 aliphatic rings. The summed E-state index contributed by atoms with van der Waals surface area (Å²) in [6, 6.07) is 0.0419. The van der Waals surface area contributed by atoms with Gasteiger partial charge in [-0.05, 0) is 34.2 Å². The Labute approximate surface area is 120 Å². The Kier molecular flexibility index (Phi) is 6.79. The van der Waals surface area contributed by atoms with Crippen LogP contribution < -0.4 is 5.32 Å². The Morgan fingerprint density at radius 1 is 1.32 bits per heavy atom. The molecule has 1 heterocycles. The van der Waals surface area contributed by atoms with Crippen LogP contribution in [0.4, 0.5) is 0 Å². The summed E-state index contributed by atoms with van der Waals surface area (Å²) in [5, 5.41) is 8.23. The van der Waals surface area contributed by atoms with E-state index in [2.05, 4.69) is 10.4 Å². The van der Waals surface area contributed by atoms with Gasteiger partial charge in [0.2, 0.25) is 0 Å². The number of ether oxygens (including phenoxy) is 2. The van der Waals surface area contributed by atoms with Gasteiger partial charge in [-0.2, -0.15) is 5.10 Å². The molecule has 1 aromatic heterocycles. The van der Waals surface area contributed by atoms with Crippen LogP contribution in [0.15, 0.2) is 0 Å². The highest BCUT2D eigenvalue weighted by Gasteiger charge is 2.24. The van der Waals surface area contributed by atoms with Gasteiger partial charge in [-0.15, -0.1) is 0 Å². The van der Waals surface area contributed by atoms with Gasteiger partial charge in [0, 0.05) is 25.8 Å². The molecule has 1 atom stereocenters. The number of nitrogens with zero attached hydrogens (tertiary/aromatic N) is 2. The molecular weight excluding hydrogens is 266 g/mol. The van der Waals surface area contributed by atoms with Crippen LogP contribution in [0.5, 0.6) is 0 Å². The zero-order chi connectivity index (χ0) is 14.4. The first-order valence-electron chi connectivity index (χ1n) is 6.63. The first-order chi connectivity index (χ1) is 9.04. The summed E-state index contributed by atoms with van der Waals surface area (Å²) in [7, 11) is 3.74. The van der Waals surface area contributed by atoms with Gasteiger partial charge in [0.05, 0.1) is 11.7 Å². The van der Waals surface area contributed by atoms with Crippen molar-refractivity contribution in [2.45, 2.75) is 39.5 Å². The number of hydrogen-bond acceptors (Lipinski definition) is 4. The van der Waals surface area contributed by atoms with Crippen LogP contribution >= 0.6 is 11.6 Å². The van der Waals surface area contributed by atoms with E-state index >= 15 is 0 Å². The molecule has 0 aliphatic heterocycles. The maximum atomic E-state index is 6.26. The molecule has 0 saturated heterocycles. The summed E-state index contributed by atoms with van der Waals surface area (Å²) in [4.78, 5) is 0. The molecule has 19 heavy (non-hydrogen) atoms. The smallest absolute Gasteiger partial charge is 0.172 e. The number of aryl methyl sites for hydroxylation is 2. The van der Waals surface area contributed by atoms with Crippen molar-refractivity contribution < 1.29 is 9.47 Å². The van der Waals surface area contributed by atoms with Crippen LogP contribution in [0.3, 0.4) is 0 Å². The van der Waals surface area contributed by atoms with Gasteiger partial charge >= 0.3 is 0 Å². The van der Waals surface area contributed by atoms with Crippen LogP contribution in [-0.4, -0.2) is 42.4 Å². The molecule has 0 radical (unpaired) electrons. The fraction of sp³-hybridized carbons (Fsp3) is 0.769. The summed E-state index contributed by atoms with van der Waals surface area (Å²) >= 11 is 6.26. The third-order valence-electron chi connectivity index (χ3n) is 3.06. The highest BCUT2D eigenvalue weighted by Crippen LogP contribution is 2.21. The van der Waals surface area contributed by atoms with Crippen molar-refractivity contribution in [1.29, 1.82) is 0 Å². The van der Waals surface area contributed by atoms with Crippen LogP contribution in [-0.2, 0) is 22.9 Å². The monoisotopic (exact) mass is 289 g/mol. The second kappa shape index (κ2) is 7.85. The Hall–Kier alpha value is -0.620. The summed E-state index contributed by atoms with van der Waals surface area (Å²) in [5.74, 6) is 0. The van der Waals surface area contributed by atoms with Crippen molar-refractivity contribution in [2.75, 3.05) is 20.3 Å². The minimum Gasteiger partial charge on any atom is -0.351 e. The molecule has 0 aliphatic carbocycles. The molecule has 0 bridgehead atoms. The van der Waals surface area contributed by atoms with E-state index in [9.17, 15) is 0 Å². The lowest BCUT2D eigenvalue weighted by Crippen LogP contribution is -2.43. The van der Waals surface area contributed by atoms with Crippen LogP contribution in [0, 0.1) is 6.92 Å². The van der Waals surface area contributed by atoms with Crippen LogP contribution in [0.1, 0.15) is 25.1 Å². The number of nitrogens with one attached hydrogen (secondary N) is 1. The first-order valence-corrected chi connectivity index (χ1v) is 7.01. The van der Waals surface area contributed by atoms with Crippen molar-refractivity contribution in [3.63, 3.8) is 0 Å². The highest BCUT2D eigenvalue weighted by atomic mass is 35.5. The van der Waals surface area contributed by atoms with E-state index in [1.807, 2.05) is 34.9 Å². The third kappa shape index (κ3) is 4.18. The van der Waals surface area contributed by atoms with Crippen molar-refractivity contribution in [3.8, 4) is 0 Å². The number of hydrogen-bond donors (Lipinski definition) is 1. The number of halogens is 1. The summed E-state index contributed by atoms with van der Waals surface area (Å²) < 4.78 is 13.0. The minimum absolute atomic E-state index is 0.0419. The lowest BCUT2D eigenvalue weighted by molar-refractivity contribution is -0.152. The second-order valence-electron chi connectivity index (χ2n) is 4.36. The molecule has 0 spiro atoms. The maximum Gasteiger partial charge on any atom is 0.172 e. The SMILES string of the molecule is CCOC(OCC)C(Cc1c(C)nn(C)c1Cl)NC. The quantitative estimate of drug-likeness (QED) is 0.743. The predicted molar refractivity (Wildman–Crippen MR) is 76.5 cm³/mol. The van der Waals surface area contributed by atoms with E-state index < -0.39 is 0 Å². The topological polar surface area (TPSA) is 48.3 Å². The fourth-order valence-corrected chi connectivity index (χ4v) is 2.32. The van der Waals surface area contributed by atoms with E-state index in [1.165, 1.54) is 0 Å². The average Bonchev–Trinajstić information content (AvgIpc) is 2.61. The Bertz CT molecular complexity index is 389. The normalized spacial score (nSPS) is 13.2. The van der Waals surface area contributed by atoms with Gasteiger partial charge in [-0.1, -0.05) is 11.6 Å². The summed E-state index contributed by atoms with van der Waals surface area (Å²) in [6.45, 7) is 7.11. The van der Waals surface area contributed by atoms with Gasteiger partial charge in [-0.3, -0.25) is 4.68 Å². The second-order valence-corrected chi connectivity index (χ2v) is 4.71. The molecule has 0 amide bonds. The lowest BCUT2D eigenvalue weighted by Gasteiger charge is -2.26. The zero-order valence-corrected chi connectivity index (χ0v) is 13.1. The molecule has 1 aromatic rings. The van der Waals surface area contributed by atoms with Crippen molar-refractivity contribution >= 4 is 11.6 Å². The van der Waals surface area contributed by atoms with Gasteiger partial charge in [-0.25, -0.2) is 0 Å². The van der Waals surface area contributed by atoms with Crippen molar-refractivity contribution in [3.05, 3.63) is 16.4 Å². The van der Waals surface area contributed by atoms with E-state index in [1.54, 1.807) is 4.68 Å². The molecule has 0 aromatic carbocycles. The fourth-order valence-electron chi connectivity index (χ4n) is 2.07. The Balaban J connectivity index is 2.84. The van der Waals surface area contributed by atoms with Crippen LogP contribution in [0.2, 0.25) is 5.15 Å². The molecule has 0 saturated carbocycles.